The van der Waals surface area contributed by atoms with Crippen LogP contribution in [-0.2, 0) is 11.2 Å². The lowest BCUT2D eigenvalue weighted by atomic mass is 10.1. The molecule has 0 bridgehead atoms. The summed E-state index contributed by atoms with van der Waals surface area (Å²) in [5.74, 6) is 1.25. The first kappa shape index (κ1) is 16.0. The van der Waals surface area contributed by atoms with Crippen LogP contribution >= 0.6 is 23.2 Å². The van der Waals surface area contributed by atoms with Crippen LogP contribution in [0.25, 0.3) is 0 Å². The fourth-order valence-electron chi connectivity index (χ4n) is 2.32. The van der Waals surface area contributed by atoms with Crippen LogP contribution < -0.4 is 14.8 Å². The molecule has 120 valence electrons. The van der Waals surface area contributed by atoms with Crippen molar-refractivity contribution in [2.24, 2.45) is 0 Å². The Kier molecular flexibility index (Phi) is 4.94. The van der Waals surface area contributed by atoms with Crippen LogP contribution in [-0.4, -0.2) is 19.1 Å². The van der Waals surface area contributed by atoms with E-state index in [0.29, 0.717) is 53.3 Å². The Hall–Kier alpha value is -1.91. The highest BCUT2D eigenvalue weighted by molar-refractivity contribution is 6.35. The molecule has 0 radical (unpaired) electrons. The fraction of sp³-hybridized carbons (Fsp3) is 0.235. The van der Waals surface area contributed by atoms with E-state index in [4.69, 9.17) is 32.7 Å². The highest BCUT2D eigenvalue weighted by atomic mass is 35.5. The van der Waals surface area contributed by atoms with Crippen molar-refractivity contribution >= 4 is 34.8 Å². The number of benzene rings is 2. The van der Waals surface area contributed by atoms with Crippen LogP contribution in [0.3, 0.4) is 0 Å². The summed E-state index contributed by atoms with van der Waals surface area (Å²) >= 11 is 12.0. The van der Waals surface area contributed by atoms with Gasteiger partial charge in [0.1, 0.15) is 13.2 Å². The Morgan fingerprint density at radius 3 is 2.61 bits per heavy atom. The molecule has 6 heteroatoms. The van der Waals surface area contributed by atoms with E-state index in [9.17, 15) is 4.79 Å². The van der Waals surface area contributed by atoms with E-state index in [1.54, 1.807) is 30.3 Å². The summed E-state index contributed by atoms with van der Waals surface area (Å²) in [6, 6.07) is 10.6. The molecule has 2 aromatic carbocycles. The number of ether oxygens (including phenoxy) is 2. The highest BCUT2D eigenvalue weighted by Crippen LogP contribution is 2.32. The zero-order valence-corrected chi connectivity index (χ0v) is 13.8. The number of hydrogen-bond acceptors (Lipinski definition) is 3. The van der Waals surface area contributed by atoms with Crippen molar-refractivity contribution in [2.75, 3.05) is 18.5 Å². The molecule has 0 atom stereocenters. The Labute approximate surface area is 144 Å². The molecular formula is C17H15Cl2NO3. The van der Waals surface area contributed by atoms with Crippen molar-refractivity contribution in [3.8, 4) is 11.5 Å². The number of carbonyl (C=O) groups is 1. The topological polar surface area (TPSA) is 47.6 Å². The molecule has 1 aliphatic rings. The highest BCUT2D eigenvalue weighted by Gasteiger charge is 2.13. The lowest BCUT2D eigenvalue weighted by Crippen LogP contribution is -2.16. The quantitative estimate of drug-likeness (QED) is 0.891. The van der Waals surface area contributed by atoms with Crippen LogP contribution in [0.2, 0.25) is 10.0 Å². The number of nitrogens with one attached hydrogen (secondary N) is 1. The van der Waals surface area contributed by atoms with Crippen LogP contribution in [0.5, 0.6) is 11.5 Å². The predicted molar refractivity (Wildman–Crippen MR) is 90.8 cm³/mol. The maximum absolute atomic E-state index is 12.1. The van der Waals surface area contributed by atoms with Crippen molar-refractivity contribution in [3.63, 3.8) is 0 Å². The van der Waals surface area contributed by atoms with E-state index < -0.39 is 0 Å². The van der Waals surface area contributed by atoms with E-state index in [-0.39, 0.29) is 5.91 Å². The molecule has 0 saturated carbocycles. The summed E-state index contributed by atoms with van der Waals surface area (Å²) in [4.78, 5) is 12.1. The van der Waals surface area contributed by atoms with Crippen molar-refractivity contribution in [1.29, 1.82) is 0 Å². The number of halogens is 2. The van der Waals surface area contributed by atoms with Gasteiger partial charge >= 0.3 is 0 Å². The minimum atomic E-state index is -0.0901. The molecule has 0 saturated heterocycles. The molecule has 0 aromatic heterocycles. The fourth-order valence-corrected chi connectivity index (χ4v) is 2.82. The van der Waals surface area contributed by atoms with E-state index in [1.807, 2.05) is 6.07 Å². The summed E-state index contributed by atoms with van der Waals surface area (Å²) in [6.07, 6.45) is 0.877. The molecule has 0 fully saturated rings. The number of rotatable bonds is 4. The first-order chi connectivity index (χ1) is 11.1. The second-order valence-corrected chi connectivity index (χ2v) is 5.99. The van der Waals surface area contributed by atoms with Gasteiger partial charge in [-0.15, -0.1) is 0 Å². The number of hydrogen-bond donors (Lipinski definition) is 1. The molecule has 1 heterocycles. The van der Waals surface area contributed by atoms with Gasteiger partial charge in [0.25, 0.3) is 0 Å². The van der Waals surface area contributed by atoms with Gasteiger partial charge in [-0.3, -0.25) is 4.79 Å². The van der Waals surface area contributed by atoms with Gasteiger partial charge in [0, 0.05) is 28.2 Å². The third kappa shape index (κ3) is 4.09. The van der Waals surface area contributed by atoms with Gasteiger partial charge in [-0.05, 0) is 36.2 Å². The van der Waals surface area contributed by atoms with Crippen molar-refractivity contribution in [1.82, 2.24) is 0 Å². The number of aryl methyl sites for hydroxylation is 1. The minimum absolute atomic E-state index is 0.0901. The maximum Gasteiger partial charge on any atom is 0.224 e. The van der Waals surface area contributed by atoms with E-state index in [0.717, 1.165) is 5.56 Å². The third-order valence-electron chi connectivity index (χ3n) is 3.46. The molecule has 1 amide bonds. The van der Waals surface area contributed by atoms with E-state index in [2.05, 4.69) is 5.32 Å². The van der Waals surface area contributed by atoms with Crippen LogP contribution in [0.1, 0.15) is 12.0 Å². The van der Waals surface area contributed by atoms with Gasteiger partial charge in [-0.2, -0.15) is 0 Å². The molecule has 4 nitrogen and oxygen atoms in total. The first-order valence-electron chi connectivity index (χ1n) is 7.25. The number of amides is 1. The number of anilines is 1. The van der Waals surface area contributed by atoms with Gasteiger partial charge < -0.3 is 14.8 Å². The molecule has 23 heavy (non-hydrogen) atoms. The monoisotopic (exact) mass is 351 g/mol. The average Bonchev–Trinajstić information content (AvgIpc) is 2.54. The second-order valence-electron chi connectivity index (χ2n) is 5.14. The Morgan fingerprint density at radius 2 is 1.83 bits per heavy atom. The summed E-state index contributed by atoms with van der Waals surface area (Å²) in [5, 5.41) is 4.01. The van der Waals surface area contributed by atoms with E-state index in [1.165, 1.54) is 0 Å². The second kappa shape index (κ2) is 7.11. The van der Waals surface area contributed by atoms with E-state index >= 15 is 0 Å². The Morgan fingerprint density at radius 1 is 1.04 bits per heavy atom. The molecule has 0 aliphatic carbocycles. The van der Waals surface area contributed by atoms with Gasteiger partial charge in [-0.25, -0.2) is 0 Å². The van der Waals surface area contributed by atoms with Crippen LogP contribution in [0.4, 0.5) is 5.69 Å². The van der Waals surface area contributed by atoms with Crippen molar-refractivity contribution in [2.45, 2.75) is 12.8 Å². The van der Waals surface area contributed by atoms with Crippen molar-refractivity contribution < 1.29 is 14.3 Å². The van der Waals surface area contributed by atoms with Crippen LogP contribution in [0.15, 0.2) is 36.4 Å². The third-order valence-corrected chi connectivity index (χ3v) is 4.05. The maximum atomic E-state index is 12.1. The molecule has 0 spiro atoms. The zero-order chi connectivity index (χ0) is 16.2. The SMILES string of the molecule is O=C(CCc1ccc(Cl)cc1Cl)Nc1ccc2c(c1)OCCO2. The first-order valence-corrected chi connectivity index (χ1v) is 8.01. The summed E-state index contributed by atoms with van der Waals surface area (Å²) < 4.78 is 10.9. The molecule has 1 N–H and O–H groups in total. The van der Waals surface area contributed by atoms with Gasteiger partial charge in [0.05, 0.1) is 0 Å². The minimum Gasteiger partial charge on any atom is -0.486 e. The van der Waals surface area contributed by atoms with Crippen molar-refractivity contribution in [3.05, 3.63) is 52.0 Å². The average molecular weight is 352 g/mol. The molecular weight excluding hydrogens is 337 g/mol. The molecule has 3 rings (SSSR count). The van der Waals surface area contributed by atoms with Crippen LogP contribution in [0, 0.1) is 0 Å². The number of fused-ring (bicyclic) bond motifs is 1. The molecule has 2 aromatic rings. The molecule has 1 aliphatic heterocycles. The zero-order valence-electron chi connectivity index (χ0n) is 12.3. The number of carbonyl (C=O) groups excluding carboxylic acids is 1. The normalized spacial score (nSPS) is 12.8. The summed E-state index contributed by atoms with van der Waals surface area (Å²) in [5.41, 5.74) is 1.58. The lowest BCUT2D eigenvalue weighted by molar-refractivity contribution is -0.116. The lowest BCUT2D eigenvalue weighted by Gasteiger charge is -2.19. The van der Waals surface area contributed by atoms with Gasteiger partial charge in [-0.1, -0.05) is 29.3 Å². The summed E-state index contributed by atoms with van der Waals surface area (Å²) in [6.45, 7) is 1.06. The largest absolute Gasteiger partial charge is 0.486 e. The van der Waals surface area contributed by atoms with Gasteiger partial charge in [0.2, 0.25) is 5.91 Å². The molecule has 0 unspecified atom stereocenters. The Balaban J connectivity index is 1.59. The van der Waals surface area contributed by atoms with Gasteiger partial charge in [0.15, 0.2) is 11.5 Å². The Bertz CT molecular complexity index is 734. The summed E-state index contributed by atoms with van der Waals surface area (Å²) in [7, 11) is 0. The smallest absolute Gasteiger partial charge is 0.224 e. The standard InChI is InChI=1S/C17H15Cl2NO3/c18-12-3-1-11(14(19)9-12)2-6-17(21)20-13-4-5-15-16(10-13)23-8-7-22-15/h1,3-5,9-10H,2,6-8H2,(H,20,21). The predicted octanol–water partition coefficient (Wildman–Crippen LogP) is 4.34.